The number of β-lactam (4-membered cyclic amide) rings is 1. The normalized spacial score (nSPS) is 29.0. The zero-order valence-corrected chi connectivity index (χ0v) is 21.0. The summed E-state index contributed by atoms with van der Waals surface area (Å²) < 4.78 is 4.89. The van der Waals surface area contributed by atoms with Gasteiger partial charge >= 0.3 is 17.8 Å². The minimum Gasteiger partial charge on any atom is -0.477 e. The van der Waals surface area contributed by atoms with Crippen molar-refractivity contribution in [3.63, 3.8) is 0 Å². The molecular weight excluding hydrogens is 464 g/mol. The maximum absolute atomic E-state index is 13.0. The van der Waals surface area contributed by atoms with Crippen molar-refractivity contribution in [3.8, 4) is 0 Å². The van der Waals surface area contributed by atoms with Gasteiger partial charge in [-0.3, -0.25) is 14.4 Å². The molecule has 3 amide bonds. The first kappa shape index (κ1) is 26.0. The summed E-state index contributed by atoms with van der Waals surface area (Å²) in [5.74, 6) is -4.52. The zero-order valence-electron chi connectivity index (χ0n) is 20.2. The molecule has 3 aliphatic heterocycles. The van der Waals surface area contributed by atoms with Crippen molar-refractivity contribution in [2.24, 2.45) is 11.8 Å². The Balaban J connectivity index is 1.72. The average Bonchev–Trinajstić information content (AvgIpc) is 3.29. The molecule has 3 aliphatic rings. The van der Waals surface area contributed by atoms with E-state index in [0.717, 1.165) is 0 Å². The Morgan fingerprint density at radius 3 is 2.44 bits per heavy atom. The number of carbonyl (C=O) groups is 5. The molecule has 0 bridgehead atoms. The van der Waals surface area contributed by atoms with Gasteiger partial charge in [0.15, 0.2) is 0 Å². The smallest absolute Gasteiger partial charge is 0.397 e. The van der Waals surface area contributed by atoms with Crippen LogP contribution in [0.1, 0.15) is 34.1 Å². The molecule has 0 aromatic rings. The van der Waals surface area contributed by atoms with Gasteiger partial charge in [-0.05, 0) is 27.2 Å². The third-order valence-corrected chi connectivity index (χ3v) is 7.85. The number of likely N-dealkylation sites (N-methyl/N-ethyl adjacent to an activating group) is 1. The van der Waals surface area contributed by atoms with Crippen LogP contribution >= 0.6 is 11.8 Å². The van der Waals surface area contributed by atoms with Crippen LogP contribution in [0.2, 0.25) is 0 Å². The molecule has 0 spiro atoms. The third-order valence-electron chi connectivity index (χ3n) is 6.34. The highest BCUT2D eigenvalue weighted by Crippen LogP contribution is 2.51. The molecule has 6 atom stereocenters. The van der Waals surface area contributed by atoms with Gasteiger partial charge < -0.3 is 30.3 Å². The lowest BCUT2D eigenvalue weighted by atomic mass is 9.78. The number of fused-ring (bicyclic) bond motifs is 1. The second-order valence-electron chi connectivity index (χ2n) is 9.42. The summed E-state index contributed by atoms with van der Waals surface area (Å²) in [7, 11) is 3.38. The summed E-state index contributed by atoms with van der Waals surface area (Å²) in [6.45, 7) is 7.28. The number of hydrogen-bond donors (Lipinski definition) is 3. The van der Waals surface area contributed by atoms with Gasteiger partial charge in [-0.25, -0.2) is 9.59 Å². The Hall–Kier alpha value is -2.60. The maximum atomic E-state index is 13.0. The Bertz CT molecular complexity index is 934. The fourth-order valence-corrected chi connectivity index (χ4v) is 6.27. The Morgan fingerprint density at radius 1 is 1.24 bits per heavy atom. The molecule has 0 aliphatic carbocycles. The average molecular weight is 497 g/mol. The Labute approximate surface area is 202 Å². The second-order valence-corrected chi connectivity index (χ2v) is 10.8. The molecule has 34 heavy (non-hydrogen) atoms. The van der Waals surface area contributed by atoms with E-state index in [1.165, 1.54) is 21.6 Å². The highest BCUT2D eigenvalue weighted by molar-refractivity contribution is 8.03. The van der Waals surface area contributed by atoms with Crippen molar-refractivity contribution in [2.75, 3.05) is 20.6 Å². The zero-order chi connectivity index (χ0) is 25.5. The first-order valence-corrected chi connectivity index (χ1v) is 12.2. The van der Waals surface area contributed by atoms with Gasteiger partial charge in [-0.1, -0.05) is 6.92 Å². The van der Waals surface area contributed by atoms with Crippen LogP contribution in [0.25, 0.3) is 0 Å². The number of rotatable bonds is 7. The van der Waals surface area contributed by atoms with E-state index in [1.54, 1.807) is 34.9 Å². The first-order chi connectivity index (χ1) is 15.8. The van der Waals surface area contributed by atoms with Gasteiger partial charge in [0.2, 0.25) is 11.8 Å². The highest BCUT2D eigenvalue weighted by atomic mass is 32.2. The van der Waals surface area contributed by atoms with Crippen molar-refractivity contribution >= 4 is 41.4 Å². The van der Waals surface area contributed by atoms with Crippen LogP contribution in [0.15, 0.2) is 10.6 Å². The molecule has 11 nitrogen and oxygen atoms in total. The third kappa shape index (κ3) is 4.78. The Morgan fingerprint density at radius 2 is 1.88 bits per heavy atom. The van der Waals surface area contributed by atoms with Crippen LogP contribution in [-0.2, 0) is 28.7 Å². The number of hydrogen-bond acceptors (Lipinski definition) is 8. The second kappa shape index (κ2) is 9.95. The summed E-state index contributed by atoms with van der Waals surface area (Å²) in [4.78, 5) is 64.7. The number of ether oxygens (including phenoxy) is 1. The standard InChI is InChI=1S/C22H32N4O7S/c1-9(2)33-22(32)18(27)24-11(4)14-15-10(3)17(16(21(30)31)26(15)20(14)29)34-12-7-13(23-8-12)19(28)25(5)6/h9-15,23H,7-8H2,1-6H3,(H,24,27)(H,30,31)/t10-,11-,12+,13+,14-,15-/m1/s1. The van der Waals surface area contributed by atoms with E-state index in [9.17, 15) is 29.1 Å². The lowest BCUT2D eigenvalue weighted by Crippen LogP contribution is -2.66. The molecule has 3 heterocycles. The molecule has 188 valence electrons. The van der Waals surface area contributed by atoms with Crippen LogP contribution in [0, 0.1) is 11.8 Å². The molecule has 12 heteroatoms. The number of carboxylic acid groups (broad SMARTS) is 1. The summed E-state index contributed by atoms with van der Waals surface area (Å²) in [6, 6.07) is -1.45. The van der Waals surface area contributed by atoms with Gasteiger partial charge in [0, 0.05) is 42.8 Å². The largest absolute Gasteiger partial charge is 0.477 e. The highest BCUT2D eigenvalue weighted by Gasteiger charge is 2.60. The van der Waals surface area contributed by atoms with E-state index >= 15 is 0 Å². The van der Waals surface area contributed by atoms with Crippen molar-refractivity contribution < 1.29 is 33.8 Å². The number of nitrogens with zero attached hydrogens (tertiary/aromatic N) is 2. The van der Waals surface area contributed by atoms with Crippen LogP contribution in [-0.4, -0.2) is 94.7 Å². The minimum atomic E-state index is -1.19. The first-order valence-electron chi connectivity index (χ1n) is 11.3. The number of thioether (sulfide) groups is 1. The van der Waals surface area contributed by atoms with Crippen LogP contribution in [0.5, 0.6) is 0 Å². The van der Waals surface area contributed by atoms with Crippen LogP contribution < -0.4 is 10.6 Å². The van der Waals surface area contributed by atoms with E-state index in [-0.39, 0.29) is 28.8 Å². The van der Waals surface area contributed by atoms with Crippen molar-refractivity contribution in [3.05, 3.63) is 10.6 Å². The molecule has 0 saturated carbocycles. The van der Waals surface area contributed by atoms with Gasteiger partial charge in [0.05, 0.1) is 24.1 Å². The lowest BCUT2D eigenvalue weighted by molar-refractivity contribution is -0.162. The fourth-order valence-electron chi connectivity index (χ4n) is 4.79. The molecule has 0 aromatic heterocycles. The SMILES string of the molecule is CC(C)OC(=O)C(=O)N[C@H](C)[C@H]1C(=O)N2C(C(=O)O)=C(S[C@@H]3CN[C@H](C(=O)N(C)C)C3)[C@H](C)[C@H]12. The molecular formula is C22H32N4O7S. The van der Waals surface area contributed by atoms with Crippen molar-refractivity contribution in [1.82, 2.24) is 20.4 Å². The van der Waals surface area contributed by atoms with E-state index in [0.29, 0.717) is 17.9 Å². The Kier molecular flexibility index (Phi) is 7.61. The van der Waals surface area contributed by atoms with E-state index in [2.05, 4.69) is 10.6 Å². The summed E-state index contributed by atoms with van der Waals surface area (Å²) in [5, 5.41) is 15.6. The number of nitrogens with one attached hydrogen (secondary N) is 2. The number of amides is 3. The fraction of sp³-hybridized carbons (Fsp3) is 0.682. The topological polar surface area (TPSA) is 145 Å². The van der Waals surface area contributed by atoms with Gasteiger partial charge in [-0.2, -0.15) is 0 Å². The number of aliphatic carboxylic acids is 1. The number of carboxylic acids is 1. The molecule has 0 radical (unpaired) electrons. The van der Waals surface area contributed by atoms with Crippen LogP contribution in [0.4, 0.5) is 0 Å². The molecule has 0 unspecified atom stereocenters. The molecule has 2 fully saturated rings. The molecule has 3 rings (SSSR count). The van der Waals surface area contributed by atoms with Gasteiger partial charge in [0.25, 0.3) is 0 Å². The molecule has 3 N–H and O–H groups in total. The minimum absolute atomic E-state index is 0.0177. The predicted molar refractivity (Wildman–Crippen MR) is 123 cm³/mol. The summed E-state index contributed by atoms with van der Waals surface area (Å²) in [5.41, 5.74) is -0.0381. The maximum Gasteiger partial charge on any atom is 0.397 e. The molecule has 2 saturated heterocycles. The quantitative estimate of drug-likeness (QED) is 0.247. The summed E-state index contributed by atoms with van der Waals surface area (Å²) >= 11 is 1.39. The van der Waals surface area contributed by atoms with Crippen molar-refractivity contribution in [1.29, 1.82) is 0 Å². The van der Waals surface area contributed by atoms with Crippen LogP contribution in [0.3, 0.4) is 0 Å². The monoisotopic (exact) mass is 496 g/mol. The van der Waals surface area contributed by atoms with E-state index in [4.69, 9.17) is 4.74 Å². The summed E-state index contributed by atoms with van der Waals surface area (Å²) in [6.07, 6.45) is 0.0981. The van der Waals surface area contributed by atoms with E-state index in [1.807, 2.05) is 6.92 Å². The van der Waals surface area contributed by atoms with Gasteiger partial charge in [-0.15, -0.1) is 11.8 Å². The van der Waals surface area contributed by atoms with Gasteiger partial charge in [0.1, 0.15) is 5.70 Å². The number of carbonyl (C=O) groups excluding carboxylic acids is 4. The number of esters is 1. The predicted octanol–water partition coefficient (Wildman–Crippen LogP) is -0.232. The lowest BCUT2D eigenvalue weighted by Gasteiger charge is -2.47. The van der Waals surface area contributed by atoms with Crippen molar-refractivity contribution in [2.45, 2.75) is 63.6 Å². The molecule has 0 aromatic carbocycles. The van der Waals surface area contributed by atoms with E-state index < -0.39 is 47.9 Å².